The molecule has 0 spiro atoms. The number of esters is 1. The Kier molecular flexibility index (Phi) is 7.82. The number of hydrogen-bond donors (Lipinski definition) is 0. The Morgan fingerprint density at radius 3 is 2.44 bits per heavy atom. The summed E-state index contributed by atoms with van der Waals surface area (Å²) in [6.45, 7) is 5.84. The lowest BCUT2D eigenvalue weighted by Crippen LogP contribution is -2.22. The summed E-state index contributed by atoms with van der Waals surface area (Å²) in [4.78, 5) is 42.5. The smallest absolute Gasteiger partial charge is 0.313 e. The third-order valence-corrected chi connectivity index (χ3v) is 7.77. The number of benzene rings is 2. The molecule has 0 fully saturated rings. The topological polar surface area (TPSA) is 83.2 Å². The van der Waals surface area contributed by atoms with Gasteiger partial charge in [-0.05, 0) is 80.5 Å². The number of carbonyl (C=O) groups excluding carboxylic acids is 2. The molecular weight excluding hydrogens is 521 g/mol. The van der Waals surface area contributed by atoms with Crippen molar-refractivity contribution in [3.63, 3.8) is 0 Å². The van der Waals surface area contributed by atoms with Crippen LogP contribution in [-0.4, -0.2) is 38.2 Å². The molecule has 11 heteroatoms. The van der Waals surface area contributed by atoms with Gasteiger partial charge in [-0.15, -0.1) is 0 Å². The van der Waals surface area contributed by atoms with Crippen molar-refractivity contribution >= 4 is 57.4 Å². The van der Waals surface area contributed by atoms with Crippen LogP contribution in [0.4, 0.5) is 4.39 Å². The zero-order valence-electron chi connectivity index (χ0n) is 19.7. The third-order valence-electron chi connectivity index (χ3n) is 5.42. The van der Waals surface area contributed by atoms with Crippen molar-refractivity contribution in [3.05, 3.63) is 73.7 Å². The number of nitrogens with zero attached hydrogens (tertiary/aromatic N) is 3. The number of Topliss-reactive ketones (excluding diaryl/α,β-unsaturated/α-hetero) is 1. The van der Waals surface area contributed by atoms with E-state index in [1.807, 2.05) is 32.0 Å². The number of ketones is 1. The number of aryl methyl sites for hydroxylation is 2. The fraction of sp³-hybridized carbons (Fsp3) is 0.240. The molecule has 7 nitrogen and oxygen atoms in total. The first-order chi connectivity index (χ1) is 17.2. The van der Waals surface area contributed by atoms with E-state index in [1.54, 1.807) is 11.5 Å². The zero-order valence-corrected chi connectivity index (χ0v) is 22.2. The summed E-state index contributed by atoms with van der Waals surface area (Å²) in [5.41, 5.74) is 3.34. The summed E-state index contributed by atoms with van der Waals surface area (Å²) < 4.78 is 22.3. The van der Waals surface area contributed by atoms with Crippen LogP contribution in [0.25, 0.3) is 21.7 Å². The average molecular weight is 544 g/mol. The van der Waals surface area contributed by atoms with Crippen molar-refractivity contribution in [2.24, 2.45) is 0 Å². The maximum absolute atomic E-state index is 13.7. The van der Waals surface area contributed by atoms with E-state index in [0.29, 0.717) is 20.0 Å². The van der Waals surface area contributed by atoms with Gasteiger partial charge in [-0.1, -0.05) is 29.2 Å². The summed E-state index contributed by atoms with van der Waals surface area (Å²) in [6.07, 6.45) is -0.374. The molecule has 0 unspecified atom stereocenters. The fourth-order valence-corrected chi connectivity index (χ4v) is 5.68. The third kappa shape index (κ3) is 5.32. The van der Waals surface area contributed by atoms with Gasteiger partial charge in [0, 0.05) is 5.69 Å². The molecule has 0 amide bonds. The summed E-state index contributed by atoms with van der Waals surface area (Å²) >= 11 is 7.76. The van der Waals surface area contributed by atoms with Gasteiger partial charge >= 0.3 is 5.97 Å². The normalized spacial score (nSPS) is 11.1. The summed E-state index contributed by atoms with van der Waals surface area (Å²) in [7, 11) is 0. The molecule has 2 aromatic heterocycles. The summed E-state index contributed by atoms with van der Waals surface area (Å²) in [5.74, 6) is -1.53. The van der Waals surface area contributed by atoms with Crippen LogP contribution in [0.15, 0.2) is 52.4 Å². The maximum Gasteiger partial charge on any atom is 0.313 e. The van der Waals surface area contributed by atoms with Crippen LogP contribution in [0, 0.1) is 23.6 Å². The van der Waals surface area contributed by atoms with Crippen molar-refractivity contribution in [2.75, 3.05) is 12.4 Å². The molecule has 0 saturated carbocycles. The van der Waals surface area contributed by atoms with E-state index < -0.39 is 11.8 Å². The van der Waals surface area contributed by atoms with Gasteiger partial charge in [0.15, 0.2) is 20.5 Å². The molecule has 0 atom stereocenters. The Hall–Kier alpha value is -3.15. The lowest BCUT2D eigenvalue weighted by molar-refractivity contribution is -0.145. The molecule has 2 heterocycles. The Bertz CT molecular complexity index is 1590. The molecule has 4 rings (SSSR count). The van der Waals surface area contributed by atoms with E-state index in [0.717, 1.165) is 39.9 Å². The van der Waals surface area contributed by atoms with Gasteiger partial charge < -0.3 is 4.74 Å². The van der Waals surface area contributed by atoms with Gasteiger partial charge in [-0.25, -0.2) is 9.37 Å². The quantitative estimate of drug-likeness (QED) is 0.0976. The second-order valence-corrected chi connectivity index (χ2v) is 10.5. The minimum atomic E-state index is -0.608. The van der Waals surface area contributed by atoms with Gasteiger partial charge in [-0.3, -0.25) is 23.5 Å². The van der Waals surface area contributed by atoms with E-state index in [4.69, 9.17) is 21.9 Å². The van der Waals surface area contributed by atoms with Crippen LogP contribution >= 0.6 is 35.3 Å². The van der Waals surface area contributed by atoms with E-state index in [1.165, 1.54) is 28.8 Å². The van der Waals surface area contributed by atoms with Crippen molar-refractivity contribution in [1.82, 2.24) is 14.1 Å². The van der Waals surface area contributed by atoms with E-state index in [9.17, 15) is 18.8 Å². The predicted octanol–water partition coefficient (Wildman–Crippen LogP) is 5.34. The molecule has 36 heavy (non-hydrogen) atoms. The molecular formula is C25H22FN3O4S3. The van der Waals surface area contributed by atoms with Gasteiger partial charge in [0.2, 0.25) is 0 Å². The Balaban J connectivity index is 1.86. The number of thiazole rings is 1. The minimum Gasteiger partial charge on any atom is -0.466 e. The first kappa shape index (κ1) is 25.9. The zero-order chi connectivity index (χ0) is 26.0. The fourth-order valence-electron chi connectivity index (χ4n) is 3.51. The number of carbonyl (C=O) groups is 2. The van der Waals surface area contributed by atoms with E-state index >= 15 is 0 Å². The highest BCUT2D eigenvalue weighted by molar-refractivity contribution is 7.99. The molecule has 186 valence electrons. The van der Waals surface area contributed by atoms with Gasteiger partial charge in [0.05, 0.1) is 18.0 Å². The molecule has 4 aromatic rings. The Morgan fingerprint density at radius 2 is 1.78 bits per heavy atom. The molecule has 0 aliphatic heterocycles. The lowest BCUT2D eigenvalue weighted by atomic mass is 10.1. The second-order valence-electron chi connectivity index (χ2n) is 7.95. The number of thioether (sulfide) groups is 1. The van der Waals surface area contributed by atoms with Crippen LogP contribution in [0.3, 0.4) is 0 Å². The molecule has 0 aliphatic rings. The highest BCUT2D eigenvalue weighted by Crippen LogP contribution is 2.28. The average Bonchev–Trinajstić information content (AvgIpc) is 3.16. The highest BCUT2D eigenvalue weighted by Gasteiger charge is 2.21. The van der Waals surface area contributed by atoms with E-state index in [2.05, 4.69) is 0 Å². The molecule has 0 saturated heterocycles. The number of hydrogen-bond acceptors (Lipinski definition) is 8. The molecule has 0 bridgehead atoms. The van der Waals surface area contributed by atoms with Crippen LogP contribution in [0.5, 0.6) is 0 Å². The highest BCUT2D eigenvalue weighted by atomic mass is 32.2. The van der Waals surface area contributed by atoms with Crippen LogP contribution in [0.1, 0.15) is 24.5 Å². The van der Waals surface area contributed by atoms with Crippen LogP contribution < -0.4 is 5.56 Å². The van der Waals surface area contributed by atoms with Gasteiger partial charge in [0.25, 0.3) is 5.56 Å². The van der Waals surface area contributed by atoms with Crippen LogP contribution in [0.2, 0.25) is 0 Å². The number of rotatable bonds is 8. The number of aromatic nitrogens is 3. The number of fused-ring (bicyclic) bond motifs is 1. The first-order valence-corrected chi connectivity index (χ1v) is 13.2. The molecule has 0 aliphatic carbocycles. The number of ether oxygens (including phenoxy) is 1. The van der Waals surface area contributed by atoms with Gasteiger partial charge in [-0.2, -0.15) is 0 Å². The monoisotopic (exact) mass is 543 g/mol. The van der Waals surface area contributed by atoms with Crippen molar-refractivity contribution < 1.29 is 18.7 Å². The van der Waals surface area contributed by atoms with E-state index in [-0.39, 0.29) is 35.3 Å². The predicted molar refractivity (Wildman–Crippen MR) is 142 cm³/mol. The van der Waals surface area contributed by atoms with Crippen molar-refractivity contribution in [1.29, 1.82) is 0 Å². The summed E-state index contributed by atoms with van der Waals surface area (Å²) in [5, 5.41) is 0.224. The minimum absolute atomic E-state index is 0.105. The SMILES string of the molecule is CCOC(=O)CC(=O)CSc1nc2c(sc(=S)n2-c2ccc(C)c(C)c2)c(=O)n1-c1ccc(F)cc1. The van der Waals surface area contributed by atoms with Gasteiger partial charge in [0.1, 0.15) is 16.9 Å². The maximum atomic E-state index is 13.7. The Labute approximate surface area is 219 Å². The second kappa shape index (κ2) is 10.9. The molecule has 0 N–H and O–H groups in total. The van der Waals surface area contributed by atoms with Crippen molar-refractivity contribution in [2.45, 2.75) is 32.3 Å². The Morgan fingerprint density at radius 1 is 1.08 bits per heavy atom. The molecule has 2 aromatic carbocycles. The first-order valence-electron chi connectivity index (χ1n) is 11.0. The van der Waals surface area contributed by atoms with Crippen molar-refractivity contribution in [3.8, 4) is 11.4 Å². The standard InChI is InChI=1S/C25H22FN3O4S3/c1-4-33-20(31)12-19(30)13-35-24-27-22-21(23(32)29(24)17-9-6-16(26)7-10-17)36-25(34)28(22)18-8-5-14(2)15(3)11-18/h5-11H,4,12-13H2,1-3H3. The lowest BCUT2D eigenvalue weighted by Gasteiger charge is -2.13. The largest absolute Gasteiger partial charge is 0.466 e. The molecule has 0 radical (unpaired) electrons. The van der Waals surface area contributed by atoms with Crippen LogP contribution in [-0.2, 0) is 14.3 Å². The summed E-state index contributed by atoms with van der Waals surface area (Å²) in [6, 6.07) is 11.3. The number of halogens is 1.